The highest BCUT2D eigenvalue weighted by molar-refractivity contribution is 5.46. The predicted octanol–water partition coefficient (Wildman–Crippen LogP) is 3.01. The average molecular weight is 362 g/mol. The van der Waals surface area contributed by atoms with E-state index in [1.807, 2.05) is 24.8 Å². The van der Waals surface area contributed by atoms with Gasteiger partial charge in [0.25, 0.3) is 0 Å². The van der Waals surface area contributed by atoms with E-state index in [2.05, 4.69) is 53.4 Å². The number of anilines is 1. The number of hydrogen-bond donors (Lipinski definition) is 1. The molecule has 0 atom stereocenters. The van der Waals surface area contributed by atoms with Gasteiger partial charge in [-0.05, 0) is 36.1 Å². The van der Waals surface area contributed by atoms with Gasteiger partial charge in [-0.15, -0.1) is 0 Å². The summed E-state index contributed by atoms with van der Waals surface area (Å²) < 4.78 is 1.87. The Bertz CT molecular complexity index is 896. The van der Waals surface area contributed by atoms with Crippen molar-refractivity contribution in [3.8, 4) is 0 Å². The number of aliphatic hydroxyl groups is 1. The van der Waals surface area contributed by atoms with Gasteiger partial charge in [-0.25, -0.2) is 9.67 Å². The Morgan fingerprint density at radius 2 is 1.74 bits per heavy atom. The van der Waals surface area contributed by atoms with Crippen LogP contribution in [0.5, 0.6) is 0 Å². The third kappa shape index (κ3) is 3.47. The summed E-state index contributed by atoms with van der Waals surface area (Å²) in [4.78, 5) is 7.01. The van der Waals surface area contributed by atoms with Crippen molar-refractivity contribution in [2.75, 3.05) is 25.6 Å². The molecular weight excluding hydrogens is 336 g/mol. The van der Waals surface area contributed by atoms with Gasteiger partial charge in [0, 0.05) is 26.2 Å². The number of hydrogen-bond acceptors (Lipinski definition) is 4. The van der Waals surface area contributed by atoms with Crippen LogP contribution in [-0.4, -0.2) is 40.6 Å². The van der Waals surface area contributed by atoms with Crippen LogP contribution in [-0.2, 0) is 18.4 Å². The van der Waals surface area contributed by atoms with Crippen molar-refractivity contribution in [3.63, 3.8) is 0 Å². The van der Waals surface area contributed by atoms with E-state index in [4.69, 9.17) is 10.1 Å². The van der Waals surface area contributed by atoms with Crippen molar-refractivity contribution in [2.24, 2.45) is 0 Å². The van der Waals surface area contributed by atoms with Crippen LogP contribution >= 0.6 is 0 Å². The first-order valence-corrected chi connectivity index (χ1v) is 9.49. The molecule has 0 aliphatic heterocycles. The van der Waals surface area contributed by atoms with Crippen LogP contribution in [0.3, 0.4) is 0 Å². The highest BCUT2D eigenvalue weighted by Gasteiger charge is 2.49. The SMILES string of the molecule is CN(C)c1ccc(Cc2nc(C3(c4ccccc4)CC3)nn2CCO)cc1. The van der Waals surface area contributed by atoms with Crippen LogP contribution in [0.15, 0.2) is 54.6 Å². The molecule has 1 heterocycles. The normalized spacial score (nSPS) is 14.9. The van der Waals surface area contributed by atoms with Gasteiger partial charge in [0.1, 0.15) is 5.82 Å². The van der Waals surface area contributed by atoms with Gasteiger partial charge < -0.3 is 10.0 Å². The van der Waals surface area contributed by atoms with Gasteiger partial charge >= 0.3 is 0 Å². The monoisotopic (exact) mass is 362 g/mol. The maximum Gasteiger partial charge on any atom is 0.161 e. The standard InChI is InChI=1S/C22H26N4O/c1-25(2)19-10-8-17(9-11-19)16-20-23-21(24-26(20)14-15-27)22(12-13-22)18-6-4-3-5-7-18/h3-11,27H,12-16H2,1-2H3. The predicted molar refractivity (Wildman–Crippen MR) is 107 cm³/mol. The number of rotatable bonds is 7. The van der Waals surface area contributed by atoms with Crippen molar-refractivity contribution in [1.29, 1.82) is 0 Å². The molecule has 3 aromatic rings. The quantitative estimate of drug-likeness (QED) is 0.702. The lowest BCUT2D eigenvalue weighted by molar-refractivity contribution is 0.267. The number of aromatic nitrogens is 3. The van der Waals surface area contributed by atoms with Crippen LogP contribution in [0.25, 0.3) is 0 Å². The Kier molecular flexibility index (Phi) is 4.70. The van der Waals surface area contributed by atoms with Crippen molar-refractivity contribution >= 4 is 5.69 Å². The van der Waals surface area contributed by atoms with E-state index in [9.17, 15) is 5.11 Å². The fourth-order valence-corrected chi connectivity index (χ4v) is 3.60. The van der Waals surface area contributed by atoms with Crippen molar-refractivity contribution in [2.45, 2.75) is 31.2 Å². The molecule has 5 heteroatoms. The van der Waals surface area contributed by atoms with Gasteiger partial charge in [0.2, 0.25) is 0 Å². The molecule has 1 aliphatic carbocycles. The minimum absolute atomic E-state index is 0.0501. The van der Waals surface area contributed by atoms with Crippen molar-refractivity contribution in [3.05, 3.63) is 77.4 Å². The van der Waals surface area contributed by atoms with Crippen LogP contribution in [0.4, 0.5) is 5.69 Å². The Hall–Kier alpha value is -2.66. The molecule has 1 fully saturated rings. The Morgan fingerprint density at radius 1 is 1.04 bits per heavy atom. The number of aliphatic hydroxyl groups excluding tert-OH is 1. The third-order valence-corrected chi connectivity index (χ3v) is 5.38. The zero-order valence-corrected chi connectivity index (χ0v) is 16.0. The van der Waals surface area contributed by atoms with E-state index in [-0.39, 0.29) is 12.0 Å². The average Bonchev–Trinajstić information content (AvgIpc) is 3.41. The van der Waals surface area contributed by atoms with E-state index in [1.165, 1.54) is 16.8 Å². The van der Waals surface area contributed by atoms with E-state index < -0.39 is 0 Å². The Balaban J connectivity index is 1.63. The van der Waals surface area contributed by atoms with Crippen LogP contribution in [0.1, 0.15) is 35.6 Å². The highest BCUT2D eigenvalue weighted by Crippen LogP contribution is 2.52. The molecule has 2 aromatic carbocycles. The van der Waals surface area contributed by atoms with Gasteiger partial charge in [-0.2, -0.15) is 5.10 Å². The summed E-state index contributed by atoms with van der Waals surface area (Å²) in [6.07, 6.45) is 2.87. The molecule has 0 radical (unpaired) electrons. The summed E-state index contributed by atoms with van der Waals surface area (Å²) in [6, 6.07) is 19.0. The lowest BCUT2D eigenvalue weighted by atomic mass is 9.95. The molecule has 0 spiro atoms. The molecule has 140 valence electrons. The molecule has 1 saturated carbocycles. The number of benzene rings is 2. The maximum atomic E-state index is 9.46. The molecule has 4 rings (SSSR count). The first kappa shape index (κ1) is 17.7. The first-order chi connectivity index (χ1) is 13.1. The summed E-state index contributed by atoms with van der Waals surface area (Å²) in [7, 11) is 4.08. The lowest BCUT2D eigenvalue weighted by Gasteiger charge is -2.12. The van der Waals surface area contributed by atoms with Crippen LogP contribution < -0.4 is 4.90 Å². The summed E-state index contributed by atoms with van der Waals surface area (Å²) in [5.74, 6) is 1.81. The summed E-state index contributed by atoms with van der Waals surface area (Å²) in [6.45, 7) is 0.538. The van der Waals surface area contributed by atoms with E-state index in [0.29, 0.717) is 13.0 Å². The largest absolute Gasteiger partial charge is 0.394 e. The smallest absolute Gasteiger partial charge is 0.161 e. The van der Waals surface area contributed by atoms with E-state index in [0.717, 1.165) is 24.5 Å². The topological polar surface area (TPSA) is 54.2 Å². The minimum Gasteiger partial charge on any atom is -0.394 e. The Morgan fingerprint density at radius 3 is 2.33 bits per heavy atom. The highest BCUT2D eigenvalue weighted by atomic mass is 16.3. The third-order valence-electron chi connectivity index (χ3n) is 5.38. The second-order valence-electron chi connectivity index (χ2n) is 7.48. The molecule has 1 N–H and O–H groups in total. The molecule has 1 aliphatic rings. The van der Waals surface area contributed by atoms with Crippen LogP contribution in [0, 0.1) is 0 Å². The van der Waals surface area contributed by atoms with Gasteiger partial charge in [-0.1, -0.05) is 42.5 Å². The van der Waals surface area contributed by atoms with E-state index >= 15 is 0 Å². The van der Waals surface area contributed by atoms with Crippen molar-refractivity contribution < 1.29 is 5.11 Å². The van der Waals surface area contributed by atoms with Gasteiger partial charge in [-0.3, -0.25) is 0 Å². The molecule has 1 aromatic heterocycles. The zero-order valence-electron chi connectivity index (χ0n) is 16.0. The van der Waals surface area contributed by atoms with Crippen LogP contribution in [0.2, 0.25) is 0 Å². The summed E-state index contributed by atoms with van der Waals surface area (Å²) >= 11 is 0. The zero-order chi connectivity index (χ0) is 18.9. The molecule has 27 heavy (non-hydrogen) atoms. The molecule has 0 saturated heterocycles. The Labute approximate surface area is 160 Å². The molecular formula is C22H26N4O. The molecule has 0 bridgehead atoms. The fraction of sp³-hybridized carbons (Fsp3) is 0.364. The summed E-state index contributed by atoms with van der Waals surface area (Å²) in [5.41, 5.74) is 3.61. The fourth-order valence-electron chi connectivity index (χ4n) is 3.60. The van der Waals surface area contributed by atoms with E-state index in [1.54, 1.807) is 0 Å². The maximum absolute atomic E-state index is 9.46. The first-order valence-electron chi connectivity index (χ1n) is 9.49. The second kappa shape index (κ2) is 7.16. The molecule has 0 unspecified atom stereocenters. The second-order valence-corrected chi connectivity index (χ2v) is 7.48. The lowest BCUT2D eigenvalue weighted by Crippen LogP contribution is -2.12. The van der Waals surface area contributed by atoms with Crippen molar-refractivity contribution in [1.82, 2.24) is 14.8 Å². The minimum atomic E-state index is -0.0501. The summed E-state index contributed by atoms with van der Waals surface area (Å²) in [5, 5.41) is 14.2. The molecule has 0 amide bonds. The van der Waals surface area contributed by atoms with Gasteiger partial charge in [0.05, 0.1) is 18.6 Å². The number of nitrogens with zero attached hydrogens (tertiary/aromatic N) is 4. The van der Waals surface area contributed by atoms with Gasteiger partial charge in [0.15, 0.2) is 5.82 Å². The molecule has 5 nitrogen and oxygen atoms in total.